The molecule has 0 saturated heterocycles. The molecule has 0 fully saturated rings. The van der Waals surface area contributed by atoms with Crippen LogP contribution in [0, 0.1) is 34.6 Å². The molecule has 2 aliphatic heterocycles. The van der Waals surface area contributed by atoms with Gasteiger partial charge < -0.3 is 19.1 Å². The van der Waals surface area contributed by atoms with Gasteiger partial charge in [0.05, 0.1) is 17.1 Å². The van der Waals surface area contributed by atoms with Gasteiger partial charge in [-0.15, -0.1) is 0 Å². The number of hydrogen-bond donors (Lipinski definition) is 0. The summed E-state index contributed by atoms with van der Waals surface area (Å²) in [6.45, 7) is 11.0. The van der Waals surface area contributed by atoms with Crippen LogP contribution in [0.4, 0.5) is 51.2 Å². The van der Waals surface area contributed by atoms with E-state index in [1.54, 1.807) is 0 Å². The van der Waals surface area contributed by atoms with Crippen LogP contribution in [0.2, 0.25) is 0 Å². The Bertz CT molecular complexity index is 3460. The second-order valence-corrected chi connectivity index (χ2v) is 17.8. The Hall–Kier alpha value is -7.76. The van der Waals surface area contributed by atoms with E-state index in [1.807, 2.05) is 6.07 Å². The Morgan fingerprint density at radius 1 is 0.422 bits per heavy atom. The Morgan fingerprint density at radius 3 is 1.69 bits per heavy atom. The molecule has 9 aromatic carbocycles. The molecule has 0 radical (unpaired) electrons. The van der Waals surface area contributed by atoms with Gasteiger partial charge in [-0.3, -0.25) is 0 Å². The lowest BCUT2D eigenvalue weighted by Gasteiger charge is -2.45. The topological polar surface area (TPSA) is 22.9 Å². The molecule has 0 amide bonds. The van der Waals surface area contributed by atoms with E-state index in [0.717, 1.165) is 61.8 Å². The standard InChI is InChI=1S/C59H46BN3O/c1-37-18-25-42(26-19-37)48-32-39(3)22-29-51(48)63-53-31-24-41(5)34-50(53)60-49-33-40(4)23-30-52(49)62(44-27-20-38(2)21-28-44)55-35-45(36-56(63)58(55)60)61(43-12-7-6-8-13-43)54-16-11-15-47-46-14-9-10-17-57(46)64-59(47)54/h6-36H,1-5H3. The average Bonchev–Trinajstić information content (AvgIpc) is 3.70. The summed E-state index contributed by atoms with van der Waals surface area (Å²) < 4.78 is 6.83. The van der Waals surface area contributed by atoms with Gasteiger partial charge >= 0.3 is 0 Å². The lowest BCUT2D eigenvalue weighted by molar-refractivity contribution is 0.669. The third-order valence-electron chi connectivity index (χ3n) is 13.3. The predicted octanol–water partition coefficient (Wildman–Crippen LogP) is 14.3. The maximum Gasteiger partial charge on any atom is 0.252 e. The van der Waals surface area contributed by atoms with E-state index in [4.69, 9.17) is 4.42 Å². The first-order valence-corrected chi connectivity index (χ1v) is 22.3. The largest absolute Gasteiger partial charge is 0.454 e. The quantitative estimate of drug-likeness (QED) is 0.156. The number of anilines is 9. The molecule has 3 heterocycles. The second-order valence-electron chi connectivity index (χ2n) is 17.8. The number of fused-ring (bicyclic) bond motifs is 7. The van der Waals surface area contributed by atoms with Crippen LogP contribution in [0.5, 0.6) is 0 Å². The van der Waals surface area contributed by atoms with E-state index in [1.165, 1.54) is 66.7 Å². The number of hydrogen-bond acceptors (Lipinski definition) is 4. The first kappa shape index (κ1) is 38.0. The lowest BCUT2D eigenvalue weighted by Crippen LogP contribution is -2.61. The molecule has 0 N–H and O–H groups in total. The molecule has 0 aliphatic carbocycles. The highest BCUT2D eigenvalue weighted by atomic mass is 16.3. The summed E-state index contributed by atoms with van der Waals surface area (Å²) in [6.07, 6.45) is 0. The molecular weight excluding hydrogens is 777 g/mol. The molecule has 64 heavy (non-hydrogen) atoms. The van der Waals surface area contributed by atoms with Gasteiger partial charge in [0.25, 0.3) is 6.71 Å². The van der Waals surface area contributed by atoms with E-state index < -0.39 is 0 Å². The molecular formula is C59H46BN3O. The third-order valence-corrected chi connectivity index (χ3v) is 13.3. The van der Waals surface area contributed by atoms with Gasteiger partial charge in [0.15, 0.2) is 5.58 Å². The summed E-state index contributed by atoms with van der Waals surface area (Å²) in [5.41, 5.74) is 24.2. The van der Waals surface area contributed by atoms with E-state index >= 15 is 0 Å². The van der Waals surface area contributed by atoms with Gasteiger partial charge in [-0.1, -0.05) is 143 Å². The molecule has 5 heteroatoms. The SMILES string of the molecule is Cc1ccc(-c2cc(C)ccc2N2c3ccc(C)cc3B3c4cc(C)ccc4N(c4ccc(C)cc4)c4cc(N(c5ccccc5)c5cccc6c5oc5ccccc56)cc2c43)cc1. The highest BCUT2D eigenvalue weighted by Gasteiger charge is 2.44. The molecule has 0 saturated carbocycles. The molecule has 12 rings (SSSR count). The Morgan fingerprint density at radius 2 is 0.984 bits per heavy atom. The smallest absolute Gasteiger partial charge is 0.252 e. The van der Waals surface area contributed by atoms with Gasteiger partial charge in [0.1, 0.15) is 5.58 Å². The van der Waals surface area contributed by atoms with Crippen LogP contribution >= 0.6 is 0 Å². The van der Waals surface area contributed by atoms with Gasteiger partial charge in [0, 0.05) is 50.5 Å². The van der Waals surface area contributed by atoms with Crippen LogP contribution in [0.3, 0.4) is 0 Å². The van der Waals surface area contributed by atoms with Gasteiger partial charge in [0.2, 0.25) is 0 Å². The summed E-state index contributed by atoms with van der Waals surface area (Å²) >= 11 is 0. The van der Waals surface area contributed by atoms with Crippen LogP contribution in [0.15, 0.2) is 192 Å². The van der Waals surface area contributed by atoms with Gasteiger partial charge in [-0.2, -0.15) is 0 Å². The Labute approximate surface area is 375 Å². The molecule has 0 unspecified atom stereocenters. The minimum atomic E-state index is -0.0148. The minimum Gasteiger partial charge on any atom is -0.454 e. The van der Waals surface area contributed by atoms with Crippen molar-refractivity contribution in [2.45, 2.75) is 34.6 Å². The number of furan rings is 1. The van der Waals surface area contributed by atoms with Crippen LogP contribution in [0.25, 0.3) is 33.1 Å². The van der Waals surface area contributed by atoms with Crippen LogP contribution in [-0.2, 0) is 0 Å². The van der Waals surface area contributed by atoms with Crippen molar-refractivity contribution in [3.05, 3.63) is 216 Å². The van der Waals surface area contributed by atoms with Crippen LogP contribution in [0.1, 0.15) is 27.8 Å². The fourth-order valence-electron chi connectivity index (χ4n) is 10.3. The first-order valence-electron chi connectivity index (χ1n) is 22.3. The van der Waals surface area contributed by atoms with Gasteiger partial charge in [-0.05, 0) is 129 Å². The fourth-order valence-corrected chi connectivity index (χ4v) is 10.3. The monoisotopic (exact) mass is 823 g/mol. The summed E-state index contributed by atoms with van der Waals surface area (Å²) in [5.74, 6) is 0. The number of aryl methyl sites for hydroxylation is 5. The first-order chi connectivity index (χ1) is 31.3. The predicted molar refractivity (Wildman–Crippen MR) is 272 cm³/mol. The molecule has 306 valence electrons. The maximum atomic E-state index is 6.83. The van der Waals surface area contributed by atoms with E-state index in [2.05, 4.69) is 231 Å². The normalized spacial score (nSPS) is 12.7. The van der Waals surface area contributed by atoms with Gasteiger partial charge in [-0.25, -0.2) is 0 Å². The van der Waals surface area contributed by atoms with Crippen molar-refractivity contribution in [2.75, 3.05) is 14.7 Å². The molecule has 1 aromatic heterocycles. The van der Waals surface area contributed by atoms with E-state index in [9.17, 15) is 0 Å². The molecule has 0 bridgehead atoms. The number of para-hydroxylation sites is 3. The van der Waals surface area contributed by atoms with Crippen molar-refractivity contribution in [3.63, 3.8) is 0 Å². The zero-order chi connectivity index (χ0) is 43.2. The van der Waals surface area contributed by atoms with Crippen molar-refractivity contribution in [2.24, 2.45) is 0 Å². The summed E-state index contributed by atoms with van der Waals surface area (Å²) in [6, 6.07) is 69.6. The Balaban J connectivity index is 1.23. The van der Waals surface area contributed by atoms with Crippen LogP contribution < -0.4 is 31.1 Å². The number of nitrogens with zero attached hydrogens (tertiary/aromatic N) is 3. The molecule has 4 nitrogen and oxygen atoms in total. The zero-order valence-corrected chi connectivity index (χ0v) is 36.7. The lowest BCUT2D eigenvalue weighted by atomic mass is 9.33. The summed E-state index contributed by atoms with van der Waals surface area (Å²) in [5, 5.41) is 2.20. The number of benzene rings is 9. The van der Waals surface area contributed by atoms with Crippen molar-refractivity contribution in [1.29, 1.82) is 0 Å². The maximum absolute atomic E-state index is 6.83. The zero-order valence-electron chi connectivity index (χ0n) is 36.7. The van der Waals surface area contributed by atoms with E-state index in [0.29, 0.717) is 0 Å². The fraction of sp³-hybridized carbons (Fsp3) is 0.0847. The second kappa shape index (κ2) is 14.7. The van der Waals surface area contributed by atoms with Crippen molar-refractivity contribution < 1.29 is 4.42 Å². The molecule has 0 spiro atoms. The molecule has 0 atom stereocenters. The number of rotatable bonds is 6. The Kier molecular flexibility index (Phi) is 8.71. The molecule has 10 aromatic rings. The third kappa shape index (κ3) is 5.99. The molecule has 2 aliphatic rings. The van der Waals surface area contributed by atoms with Crippen molar-refractivity contribution in [1.82, 2.24) is 0 Å². The summed E-state index contributed by atoms with van der Waals surface area (Å²) in [4.78, 5) is 7.46. The van der Waals surface area contributed by atoms with Crippen molar-refractivity contribution in [3.8, 4) is 11.1 Å². The van der Waals surface area contributed by atoms with E-state index in [-0.39, 0.29) is 6.71 Å². The minimum absolute atomic E-state index is 0.0148. The summed E-state index contributed by atoms with van der Waals surface area (Å²) in [7, 11) is 0. The van der Waals surface area contributed by atoms with Crippen molar-refractivity contribution >= 4 is 96.2 Å². The highest BCUT2D eigenvalue weighted by molar-refractivity contribution is 7.00. The van der Waals surface area contributed by atoms with Crippen LogP contribution in [-0.4, -0.2) is 6.71 Å². The average molecular weight is 824 g/mol. The highest BCUT2D eigenvalue weighted by Crippen LogP contribution is 2.51.